The monoisotopic (exact) mass is 425 g/mol. The van der Waals surface area contributed by atoms with Gasteiger partial charge in [-0.2, -0.15) is 0 Å². The highest BCUT2D eigenvalue weighted by molar-refractivity contribution is 7.80. The van der Waals surface area contributed by atoms with Gasteiger partial charge in [0.15, 0.2) is 5.11 Å². The Labute approximate surface area is 187 Å². The number of nitrogens with one attached hydrogen (secondary N) is 1. The number of hydrogen-bond acceptors (Lipinski definition) is 3. The van der Waals surface area contributed by atoms with Crippen LogP contribution in [0, 0.1) is 6.92 Å². The van der Waals surface area contributed by atoms with E-state index in [9.17, 15) is 0 Å². The van der Waals surface area contributed by atoms with Crippen molar-refractivity contribution in [2.75, 3.05) is 0 Å². The van der Waals surface area contributed by atoms with Crippen LogP contribution in [0.4, 0.5) is 0 Å². The van der Waals surface area contributed by atoms with E-state index in [0.717, 1.165) is 16.4 Å². The summed E-state index contributed by atoms with van der Waals surface area (Å²) in [5, 5.41) is 4.26. The Morgan fingerprint density at radius 3 is 2.61 bits per heavy atom. The number of hydrogen-bond donors (Lipinski definition) is 1. The van der Waals surface area contributed by atoms with Gasteiger partial charge in [0.05, 0.1) is 17.8 Å². The van der Waals surface area contributed by atoms with Crippen LogP contribution in [0.2, 0.25) is 0 Å². The summed E-state index contributed by atoms with van der Waals surface area (Å²) in [5.41, 5.74) is 5.65. The van der Waals surface area contributed by atoms with Gasteiger partial charge in [0.1, 0.15) is 0 Å². The number of rotatable bonds is 5. The van der Waals surface area contributed by atoms with Crippen molar-refractivity contribution < 1.29 is 0 Å². The van der Waals surface area contributed by atoms with Crippen molar-refractivity contribution >= 4 is 17.3 Å². The fourth-order valence-electron chi connectivity index (χ4n) is 4.27. The molecule has 2 atom stereocenters. The highest BCUT2D eigenvalue weighted by Gasteiger charge is 2.41. The molecule has 0 bridgehead atoms. The Bertz CT molecular complexity index is 1190. The summed E-state index contributed by atoms with van der Waals surface area (Å²) in [6.07, 6.45) is 7.65. The minimum Gasteiger partial charge on any atom is -0.352 e. The zero-order valence-corrected chi connectivity index (χ0v) is 18.0. The third kappa shape index (κ3) is 3.70. The molecule has 4 heterocycles. The van der Waals surface area contributed by atoms with Gasteiger partial charge in [0.25, 0.3) is 0 Å². The molecule has 5 rings (SSSR count). The molecule has 0 aliphatic carbocycles. The number of pyridine rings is 2. The third-order valence-corrected chi connectivity index (χ3v) is 6.08. The highest BCUT2D eigenvalue weighted by Crippen LogP contribution is 2.40. The van der Waals surface area contributed by atoms with E-state index in [0.29, 0.717) is 6.54 Å². The molecule has 1 saturated heterocycles. The van der Waals surface area contributed by atoms with Crippen molar-refractivity contribution in [2.45, 2.75) is 25.6 Å². The molecule has 5 nitrogen and oxygen atoms in total. The lowest BCUT2D eigenvalue weighted by Gasteiger charge is -2.29. The first kappa shape index (κ1) is 19.5. The molecule has 6 heteroatoms. The van der Waals surface area contributed by atoms with E-state index in [1.54, 1.807) is 6.20 Å². The van der Waals surface area contributed by atoms with Gasteiger partial charge in [-0.1, -0.05) is 30.3 Å². The molecule has 3 aromatic heterocycles. The minimum absolute atomic E-state index is 0.0165. The van der Waals surface area contributed by atoms with Crippen LogP contribution in [-0.4, -0.2) is 24.5 Å². The Morgan fingerprint density at radius 2 is 1.84 bits per heavy atom. The van der Waals surface area contributed by atoms with Crippen LogP contribution in [0.1, 0.15) is 34.6 Å². The number of benzene rings is 1. The first-order valence-corrected chi connectivity index (χ1v) is 10.7. The highest BCUT2D eigenvalue weighted by atomic mass is 32.1. The second-order valence-electron chi connectivity index (χ2n) is 7.71. The number of thiocarbonyl (C=S) groups is 1. The standard InChI is InChI=1S/C25H23N5S/c1-18-8-2-3-11-21(18)29-15-7-12-22(29)24-23(20-10-4-5-14-27-20)28-25(31)30(24)17-19-9-6-13-26-16-19/h2-16,23-24H,17H2,1H3,(H,28,31)/t23-,24+/m0/s1. The average Bonchev–Trinajstić information content (AvgIpc) is 3.40. The molecule has 154 valence electrons. The van der Waals surface area contributed by atoms with E-state index in [2.05, 4.69) is 86.4 Å². The second-order valence-corrected chi connectivity index (χ2v) is 8.09. The number of para-hydroxylation sites is 1. The SMILES string of the molecule is Cc1ccccc1-n1cccc1[C@@H]1[C@H](c2ccccn2)NC(=S)N1Cc1cccnc1. The van der Waals surface area contributed by atoms with E-state index in [4.69, 9.17) is 12.2 Å². The maximum Gasteiger partial charge on any atom is 0.170 e. The van der Waals surface area contributed by atoms with Gasteiger partial charge in [0.2, 0.25) is 0 Å². The molecule has 1 aliphatic heterocycles. The number of aromatic nitrogens is 3. The van der Waals surface area contributed by atoms with Gasteiger partial charge < -0.3 is 14.8 Å². The van der Waals surface area contributed by atoms with Crippen LogP contribution < -0.4 is 5.32 Å². The predicted molar refractivity (Wildman–Crippen MR) is 126 cm³/mol. The lowest BCUT2D eigenvalue weighted by atomic mass is 10.0. The summed E-state index contributed by atoms with van der Waals surface area (Å²) in [4.78, 5) is 11.2. The first-order chi connectivity index (χ1) is 15.2. The second kappa shape index (κ2) is 8.32. The van der Waals surface area contributed by atoms with E-state index in [-0.39, 0.29) is 12.1 Å². The largest absolute Gasteiger partial charge is 0.352 e. The molecule has 1 N–H and O–H groups in total. The van der Waals surface area contributed by atoms with E-state index >= 15 is 0 Å². The molecule has 1 aromatic carbocycles. The predicted octanol–water partition coefficient (Wildman–Crippen LogP) is 4.75. The van der Waals surface area contributed by atoms with Gasteiger partial charge >= 0.3 is 0 Å². The van der Waals surface area contributed by atoms with Gasteiger partial charge in [-0.15, -0.1) is 0 Å². The molecule has 0 radical (unpaired) electrons. The van der Waals surface area contributed by atoms with Gasteiger partial charge in [-0.25, -0.2) is 0 Å². The van der Waals surface area contributed by atoms with Crippen molar-refractivity contribution in [2.24, 2.45) is 0 Å². The summed E-state index contributed by atoms with van der Waals surface area (Å²) in [6.45, 7) is 2.81. The van der Waals surface area contributed by atoms with Crippen LogP contribution in [-0.2, 0) is 6.54 Å². The zero-order chi connectivity index (χ0) is 21.2. The topological polar surface area (TPSA) is 46.0 Å². The van der Waals surface area contributed by atoms with Crippen molar-refractivity contribution in [3.63, 3.8) is 0 Å². The Balaban J connectivity index is 1.62. The molecular weight excluding hydrogens is 402 g/mol. The smallest absolute Gasteiger partial charge is 0.170 e. The summed E-state index contributed by atoms with van der Waals surface area (Å²) >= 11 is 5.81. The number of nitrogens with zero attached hydrogens (tertiary/aromatic N) is 4. The number of aryl methyl sites for hydroxylation is 1. The lowest BCUT2D eigenvalue weighted by Crippen LogP contribution is -2.30. The van der Waals surface area contributed by atoms with Crippen molar-refractivity contribution in [3.05, 3.63) is 114 Å². The fourth-order valence-corrected chi connectivity index (χ4v) is 4.58. The first-order valence-electron chi connectivity index (χ1n) is 10.3. The maximum absolute atomic E-state index is 5.81. The molecule has 4 aromatic rings. The lowest BCUT2D eigenvalue weighted by molar-refractivity contribution is 0.302. The van der Waals surface area contributed by atoms with Crippen LogP contribution in [0.3, 0.4) is 0 Å². The Morgan fingerprint density at radius 1 is 0.968 bits per heavy atom. The minimum atomic E-state index is -0.0527. The van der Waals surface area contributed by atoms with Crippen LogP contribution in [0.25, 0.3) is 5.69 Å². The van der Waals surface area contributed by atoms with E-state index in [1.165, 1.54) is 16.9 Å². The molecule has 1 aliphatic rings. The molecule has 31 heavy (non-hydrogen) atoms. The summed E-state index contributed by atoms with van der Waals surface area (Å²) in [6, 6.07) is 22.7. The Hall–Kier alpha value is -3.51. The van der Waals surface area contributed by atoms with Crippen LogP contribution in [0.15, 0.2) is 91.5 Å². The molecule has 0 amide bonds. The van der Waals surface area contributed by atoms with Crippen molar-refractivity contribution in [1.82, 2.24) is 24.8 Å². The van der Waals surface area contributed by atoms with Gasteiger partial charge in [0, 0.05) is 42.7 Å². The maximum atomic E-state index is 5.81. The van der Waals surface area contributed by atoms with E-state index in [1.807, 2.05) is 30.6 Å². The van der Waals surface area contributed by atoms with Crippen molar-refractivity contribution in [3.8, 4) is 5.69 Å². The molecule has 0 unspecified atom stereocenters. The average molecular weight is 426 g/mol. The summed E-state index contributed by atoms with van der Waals surface area (Å²) < 4.78 is 2.27. The summed E-state index contributed by atoms with van der Waals surface area (Å²) in [5.74, 6) is 0. The summed E-state index contributed by atoms with van der Waals surface area (Å²) in [7, 11) is 0. The van der Waals surface area contributed by atoms with E-state index < -0.39 is 0 Å². The van der Waals surface area contributed by atoms with Crippen LogP contribution in [0.5, 0.6) is 0 Å². The fraction of sp³-hybridized carbons (Fsp3) is 0.160. The van der Waals surface area contributed by atoms with Gasteiger partial charge in [-0.05, 0) is 66.7 Å². The van der Waals surface area contributed by atoms with Gasteiger partial charge in [-0.3, -0.25) is 9.97 Å². The molecule has 0 spiro atoms. The molecule has 1 fully saturated rings. The Kier molecular flexibility index (Phi) is 5.22. The molecule has 0 saturated carbocycles. The normalized spacial score (nSPS) is 18.2. The molecular formula is C25H23N5S. The quantitative estimate of drug-likeness (QED) is 0.468. The zero-order valence-electron chi connectivity index (χ0n) is 17.2. The van der Waals surface area contributed by atoms with Crippen molar-refractivity contribution in [1.29, 1.82) is 0 Å². The van der Waals surface area contributed by atoms with Crippen LogP contribution >= 0.6 is 12.2 Å². The third-order valence-electron chi connectivity index (χ3n) is 5.73.